The molecule has 3 aromatic rings. The van der Waals surface area contributed by atoms with Crippen molar-refractivity contribution >= 4 is 28.6 Å². The molecule has 0 aliphatic heterocycles. The standard InChI is InChI=1S/C27H35N3O2/c1-18(2)20-9-11-21(12-10-20)28-26-29-23-16-19(8-14-25(31)32)7-13-24(23)30(26)22-6-5-15-27(3,4)17-22/h7,9-13,16,18,22H,5-6,8,14-15,17H2,1-4H3,(H,28,29)(H,31,32). The van der Waals surface area contributed by atoms with Gasteiger partial charge in [-0.05, 0) is 72.4 Å². The normalized spacial score (nSPS) is 18.2. The zero-order valence-electron chi connectivity index (χ0n) is 19.7. The van der Waals surface area contributed by atoms with Crippen LogP contribution in [-0.4, -0.2) is 20.6 Å². The quantitative estimate of drug-likeness (QED) is 0.418. The highest BCUT2D eigenvalue weighted by Crippen LogP contribution is 2.43. The SMILES string of the molecule is CC(C)c1ccc(Nc2nc3cc(CCC(=O)O)ccc3n2C2CCCC(C)(C)C2)cc1. The third kappa shape index (κ3) is 4.98. The number of hydrogen-bond donors (Lipinski definition) is 2. The lowest BCUT2D eigenvalue weighted by Crippen LogP contribution is -2.25. The average Bonchev–Trinajstić information content (AvgIpc) is 3.08. The van der Waals surface area contributed by atoms with Gasteiger partial charge < -0.3 is 15.0 Å². The van der Waals surface area contributed by atoms with E-state index in [-0.39, 0.29) is 6.42 Å². The minimum absolute atomic E-state index is 0.135. The van der Waals surface area contributed by atoms with Gasteiger partial charge in [0.15, 0.2) is 0 Å². The van der Waals surface area contributed by atoms with Crippen LogP contribution in [0.2, 0.25) is 0 Å². The van der Waals surface area contributed by atoms with Crippen LogP contribution in [0, 0.1) is 5.41 Å². The van der Waals surface area contributed by atoms with E-state index in [1.165, 1.54) is 18.4 Å². The minimum atomic E-state index is -0.771. The Kier molecular flexibility index (Phi) is 6.27. The number of aliphatic carboxylic acids is 1. The molecule has 0 bridgehead atoms. The number of fused-ring (bicyclic) bond motifs is 1. The Hall–Kier alpha value is -2.82. The summed E-state index contributed by atoms with van der Waals surface area (Å²) >= 11 is 0. The zero-order valence-corrected chi connectivity index (χ0v) is 19.7. The summed E-state index contributed by atoms with van der Waals surface area (Å²) in [5.74, 6) is 0.602. The Bertz CT molecular complexity index is 1100. The molecule has 4 rings (SSSR count). The highest BCUT2D eigenvalue weighted by atomic mass is 16.4. The first-order valence-corrected chi connectivity index (χ1v) is 11.8. The van der Waals surface area contributed by atoms with E-state index in [9.17, 15) is 4.79 Å². The molecule has 1 saturated carbocycles. The molecular formula is C27H35N3O2. The maximum absolute atomic E-state index is 11.0. The van der Waals surface area contributed by atoms with Crippen LogP contribution < -0.4 is 5.32 Å². The van der Waals surface area contributed by atoms with Gasteiger partial charge >= 0.3 is 5.97 Å². The van der Waals surface area contributed by atoms with E-state index in [2.05, 4.69) is 80.0 Å². The molecule has 1 aliphatic carbocycles. The molecule has 1 aromatic heterocycles. The van der Waals surface area contributed by atoms with Crippen molar-refractivity contribution in [1.82, 2.24) is 9.55 Å². The van der Waals surface area contributed by atoms with Gasteiger partial charge in [-0.25, -0.2) is 4.98 Å². The fraction of sp³-hybridized carbons (Fsp3) is 0.481. The average molecular weight is 434 g/mol. The fourth-order valence-electron chi connectivity index (χ4n) is 4.97. The molecule has 1 heterocycles. The van der Waals surface area contributed by atoms with Crippen LogP contribution in [0.1, 0.15) is 82.9 Å². The van der Waals surface area contributed by atoms with Crippen LogP contribution >= 0.6 is 0 Å². The lowest BCUT2D eigenvalue weighted by atomic mass is 9.75. The number of carboxylic acid groups (broad SMARTS) is 1. The monoisotopic (exact) mass is 433 g/mol. The summed E-state index contributed by atoms with van der Waals surface area (Å²) in [6.07, 6.45) is 5.41. The fourth-order valence-corrected chi connectivity index (χ4v) is 4.97. The molecule has 1 atom stereocenters. The Labute approximate surface area is 190 Å². The maximum Gasteiger partial charge on any atom is 0.303 e. The van der Waals surface area contributed by atoms with E-state index in [0.717, 1.165) is 41.1 Å². The number of nitrogens with one attached hydrogen (secondary N) is 1. The maximum atomic E-state index is 11.0. The Morgan fingerprint density at radius 1 is 1.22 bits per heavy atom. The molecular weight excluding hydrogens is 398 g/mol. The lowest BCUT2D eigenvalue weighted by molar-refractivity contribution is -0.136. The summed E-state index contributed by atoms with van der Waals surface area (Å²) in [5.41, 5.74) is 5.73. The molecule has 0 spiro atoms. The van der Waals surface area contributed by atoms with Gasteiger partial charge in [0.05, 0.1) is 11.0 Å². The second-order valence-corrected chi connectivity index (χ2v) is 10.3. The van der Waals surface area contributed by atoms with Crippen molar-refractivity contribution in [2.24, 2.45) is 5.41 Å². The van der Waals surface area contributed by atoms with Crippen LogP contribution in [0.5, 0.6) is 0 Å². The topological polar surface area (TPSA) is 67.2 Å². The molecule has 1 aliphatic rings. The van der Waals surface area contributed by atoms with Crippen LogP contribution in [0.15, 0.2) is 42.5 Å². The van der Waals surface area contributed by atoms with Gasteiger partial charge in [-0.3, -0.25) is 4.79 Å². The second kappa shape index (κ2) is 8.97. The third-order valence-electron chi connectivity index (χ3n) is 6.76. The Morgan fingerprint density at radius 2 is 1.97 bits per heavy atom. The smallest absolute Gasteiger partial charge is 0.303 e. The minimum Gasteiger partial charge on any atom is -0.481 e. The number of carboxylic acids is 1. The van der Waals surface area contributed by atoms with Crippen LogP contribution in [0.25, 0.3) is 11.0 Å². The molecule has 0 saturated heterocycles. The van der Waals surface area contributed by atoms with Gasteiger partial charge in [-0.15, -0.1) is 0 Å². The van der Waals surface area contributed by atoms with Crippen LogP contribution in [0.3, 0.4) is 0 Å². The Morgan fingerprint density at radius 3 is 2.62 bits per heavy atom. The summed E-state index contributed by atoms with van der Waals surface area (Å²) in [6, 6.07) is 15.2. The van der Waals surface area contributed by atoms with Gasteiger partial charge in [0.1, 0.15) is 0 Å². The molecule has 1 fully saturated rings. The number of benzene rings is 2. The van der Waals surface area contributed by atoms with Crippen molar-refractivity contribution in [1.29, 1.82) is 0 Å². The molecule has 5 heteroatoms. The summed E-state index contributed by atoms with van der Waals surface area (Å²) in [7, 11) is 0. The molecule has 5 nitrogen and oxygen atoms in total. The van der Waals surface area contributed by atoms with Gasteiger partial charge in [-0.2, -0.15) is 0 Å². The number of imidazole rings is 1. The van der Waals surface area contributed by atoms with E-state index in [4.69, 9.17) is 10.1 Å². The van der Waals surface area contributed by atoms with E-state index in [0.29, 0.717) is 23.8 Å². The first-order valence-electron chi connectivity index (χ1n) is 11.8. The number of aryl methyl sites for hydroxylation is 1. The Balaban J connectivity index is 1.72. The first-order chi connectivity index (χ1) is 15.2. The van der Waals surface area contributed by atoms with Crippen molar-refractivity contribution in [2.45, 2.75) is 78.2 Å². The van der Waals surface area contributed by atoms with Gasteiger partial charge in [-0.1, -0.05) is 52.3 Å². The van der Waals surface area contributed by atoms with Gasteiger partial charge in [0.25, 0.3) is 0 Å². The third-order valence-corrected chi connectivity index (χ3v) is 6.76. The van der Waals surface area contributed by atoms with Gasteiger partial charge in [0.2, 0.25) is 5.95 Å². The molecule has 32 heavy (non-hydrogen) atoms. The predicted molar refractivity (Wildman–Crippen MR) is 131 cm³/mol. The number of hydrogen-bond acceptors (Lipinski definition) is 3. The number of nitrogens with zero attached hydrogens (tertiary/aromatic N) is 2. The number of rotatable bonds is 7. The molecule has 1 unspecified atom stereocenters. The van der Waals surface area contributed by atoms with Crippen molar-refractivity contribution in [3.63, 3.8) is 0 Å². The molecule has 0 amide bonds. The highest BCUT2D eigenvalue weighted by molar-refractivity contribution is 5.81. The van der Waals surface area contributed by atoms with Crippen molar-refractivity contribution in [2.75, 3.05) is 5.32 Å². The highest BCUT2D eigenvalue weighted by Gasteiger charge is 2.31. The summed E-state index contributed by atoms with van der Waals surface area (Å²) in [6.45, 7) is 9.13. The van der Waals surface area contributed by atoms with Crippen molar-refractivity contribution in [3.8, 4) is 0 Å². The second-order valence-electron chi connectivity index (χ2n) is 10.3. The zero-order chi connectivity index (χ0) is 22.9. The van der Waals surface area contributed by atoms with E-state index < -0.39 is 5.97 Å². The molecule has 170 valence electrons. The van der Waals surface area contributed by atoms with Crippen molar-refractivity contribution < 1.29 is 9.90 Å². The number of aromatic nitrogens is 2. The number of carbonyl (C=O) groups is 1. The van der Waals surface area contributed by atoms with Gasteiger partial charge in [0, 0.05) is 18.2 Å². The summed E-state index contributed by atoms with van der Waals surface area (Å²) < 4.78 is 2.38. The number of anilines is 2. The van der Waals surface area contributed by atoms with Crippen LogP contribution in [-0.2, 0) is 11.2 Å². The summed E-state index contributed by atoms with van der Waals surface area (Å²) in [4.78, 5) is 16.0. The van der Waals surface area contributed by atoms with Crippen LogP contribution in [0.4, 0.5) is 11.6 Å². The largest absolute Gasteiger partial charge is 0.481 e. The summed E-state index contributed by atoms with van der Waals surface area (Å²) in [5, 5.41) is 12.6. The predicted octanol–water partition coefficient (Wildman–Crippen LogP) is 7.06. The first kappa shape index (κ1) is 22.4. The lowest BCUT2D eigenvalue weighted by Gasteiger charge is -2.36. The van der Waals surface area contributed by atoms with Crippen molar-refractivity contribution in [3.05, 3.63) is 53.6 Å². The molecule has 2 aromatic carbocycles. The van der Waals surface area contributed by atoms with E-state index >= 15 is 0 Å². The van der Waals surface area contributed by atoms with E-state index in [1.807, 2.05) is 0 Å². The van der Waals surface area contributed by atoms with E-state index in [1.54, 1.807) is 0 Å². The molecule has 0 radical (unpaired) electrons. The molecule has 2 N–H and O–H groups in total.